The normalized spacial score (nSPS) is 16.7. The number of aromatic nitrogens is 1. The van der Waals surface area contributed by atoms with Crippen molar-refractivity contribution >= 4 is 44.1 Å². The third-order valence-corrected chi connectivity index (χ3v) is 7.39. The zero-order valence-electron chi connectivity index (χ0n) is 21.5. The summed E-state index contributed by atoms with van der Waals surface area (Å²) in [6.45, 7) is 4.93. The quantitative estimate of drug-likeness (QED) is 0.110. The van der Waals surface area contributed by atoms with E-state index in [1.807, 2.05) is 6.92 Å². The number of ether oxygens (including phenoxy) is 2. The average molecular weight is 547 g/mol. The molecule has 0 saturated carbocycles. The third-order valence-electron chi connectivity index (χ3n) is 6.37. The number of amides is 1. The summed E-state index contributed by atoms with van der Waals surface area (Å²) in [6.07, 6.45) is 1.92. The molecular formula is C30H27FN2O5S. The number of thiazole rings is 1. The topological polar surface area (TPSA) is 89.0 Å². The Morgan fingerprint density at radius 2 is 1.82 bits per heavy atom. The van der Waals surface area contributed by atoms with Gasteiger partial charge in [-0.25, -0.2) is 9.37 Å². The second-order valence-electron chi connectivity index (χ2n) is 9.01. The predicted molar refractivity (Wildman–Crippen MR) is 149 cm³/mol. The Labute approximate surface area is 229 Å². The van der Waals surface area contributed by atoms with Crippen LogP contribution in [-0.2, 0) is 9.59 Å². The number of aliphatic hydroxyl groups is 1. The van der Waals surface area contributed by atoms with Gasteiger partial charge in [-0.2, -0.15) is 0 Å². The Morgan fingerprint density at radius 1 is 1.03 bits per heavy atom. The van der Waals surface area contributed by atoms with Gasteiger partial charge in [0, 0.05) is 5.56 Å². The first-order valence-corrected chi connectivity index (χ1v) is 13.6. The van der Waals surface area contributed by atoms with Crippen molar-refractivity contribution in [3.05, 3.63) is 89.2 Å². The molecular weight excluding hydrogens is 519 g/mol. The minimum Gasteiger partial charge on any atom is -0.507 e. The van der Waals surface area contributed by atoms with E-state index in [2.05, 4.69) is 11.9 Å². The number of hydrogen-bond donors (Lipinski definition) is 1. The highest BCUT2D eigenvalue weighted by Crippen LogP contribution is 2.44. The maximum Gasteiger partial charge on any atom is 0.301 e. The van der Waals surface area contributed by atoms with Gasteiger partial charge >= 0.3 is 5.91 Å². The molecule has 1 saturated heterocycles. The number of anilines is 1. The van der Waals surface area contributed by atoms with Gasteiger partial charge in [-0.3, -0.25) is 14.5 Å². The molecule has 3 aromatic carbocycles. The largest absolute Gasteiger partial charge is 0.507 e. The number of carbonyl (C=O) groups excluding carboxylic acids is 2. The highest BCUT2D eigenvalue weighted by Gasteiger charge is 2.48. The zero-order valence-corrected chi connectivity index (χ0v) is 22.3. The highest BCUT2D eigenvalue weighted by atomic mass is 32.1. The van der Waals surface area contributed by atoms with Gasteiger partial charge in [0.15, 0.2) is 5.13 Å². The second kappa shape index (κ2) is 11.2. The van der Waals surface area contributed by atoms with Crippen LogP contribution in [0.5, 0.6) is 11.5 Å². The lowest BCUT2D eigenvalue weighted by molar-refractivity contribution is -0.132. The number of carbonyl (C=O) groups is 2. The Morgan fingerprint density at radius 3 is 2.56 bits per heavy atom. The maximum atomic E-state index is 13.9. The van der Waals surface area contributed by atoms with Crippen molar-refractivity contribution in [1.82, 2.24) is 4.98 Å². The Hall–Kier alpha value is -4.24. The van der Waals surface area contributed by atoms with Gasteiger partial charge in [0.25, 0.3) is 5.78 Å². The van der Waals surface area contributed by atoms with E-state index < -0.39 is 23.5 Å². The van der Waals surface area contributed by atoms with Gasteiger partial charge in [0.1, 0.15) is 23.1 Å². The number of fused-ring (bicyclic) bond motifs is 1. The van der Waals surface area contributed by atoms with Gasteiger partial charge in [0.05, 0.1) is 35.0 Å². The number of aliphatic hydroxyl groups excluding tert-OH is 1. The molecule has 0 radical (unpaired) electrons. The lowest BCUT2D eigenvalue weighted by Crippen LogP contribution is -2.29. The second-order valence-corrected chi connectivity index (χ2v) is 10.0. The molecule has 7 nitrogen and oxygen atoms in total. The number of benzene rings is 3. The monoisotopic (exact) mass is 546 g/mol. The van der Waals surface area contributed by atoms with Crippen molar-refractivity contribution in [3.8, 4) is 11.5 Å². The molecule has 1 aliphatic heterocycles. The van der Waals surface area contributed by atoms with Crippen molar-refractivity contribution < 1.29 is 28.6 Å². The highest BCUT2D eigenvalue weighted by molar-refractivity contribution is 7.22. The van der Waals surface area contributed by atoms with E-state index in [1.165, 1.54) is 23.1 Å². The molecule has 0 bridgehead atoms. The molecule has 9 heteroatoms. The summed E-state index contributed by atoms with van der Waals surface area (Å²) in [4.78, 5) is 32.7. The Kier molecular flexibility index (Phi) is 7.60. The first-order chi connectivity index (χ1) is 18.9. The number of halogens is 1. The summed E-state index contributed by atoms with van der Waals surface area (Å²) >= 11 is 1.10. The van der Waals surface area contributed by atoms with Crippen LogP contribution in [0.2, 0.25) is 0 Å². The summed E-state index contributed by atoms with van der Waals surface area (Å²) in [7, 11) is 0. The Balaban J connectivity index is 1.64. The molecule has 1 unspecified atom stereocenters. The minimum absolute atomic E-state index is 0.0706. The van der Waals surface area contributed by atoms with E-state index in [0.717, 1.165) is 24.2 Å². The molecule has 1 fully saturated rings. The average Bonchev–Trinajstić information content (AvgIpc) is 3.46. The zero-order chi connectivity index (χ0) is 27.5. The van der Waals surface area contributed by atoms with Crippen LogP contribution in [0.3, 0.4) is 0 Å². The van der Waals surface area contributed by atoms with Gasteiger partial charge in [0.2, 0.25) is 0 Å². The van der Waals surface area contributed by atoms with E-state index in [4.69, 9.17) is 9.47 Å². The summed E-state index contributed by atoms with van der Waals surface area (Å²) in [5.41, 5.74) is 1.36. The van der Waals surface area contributed by atoms with E-state index in [1.54, 1.807) is 48.5 Å². The molecule has 4 aromatic rings. The van der Waals surface area contributed by atoms with E-state index >= 15 is 0 Å². The lowest BCUT2D eigenvalue weighted by atomic mass is 9.95. The molecule has 1 aliphatic rings. The molecule has 1 amide bonds. The molecule has 200 valence electrons. The number of nitrogens with zero attached hydrogens (tertiary/aromatic N) is 2. The van der Waals surface area contributed by atoms with Crippen LogP contribution in [0.1, 0.15) is 43.9 Å². The fourth-order valence-electron chi connectivity index (χ4n) is 4.47. The molecule has 2 heterocycles. The van der Waals surface area contributed by atoms with Gasteiger partial charge in [-0.15, -0.1) is 0 Å². The van der Waals surface area contributed by atoms with E-state index in [-0.39, 0.29) is 16.5 Å². The predicted octanol–water partition coefficient (Wildman–Crippen LogP) is 6.64. The number of Topliss-reactive ketones (excluding diaryl/α,β-unsaturated/α-hetero) is 1. The standard InChI is InChI=1S/C30H27FN2O5S/c1-3-5-15-38-21-12-9-18(10-13-21)26-25(27(34)19-7-6-8-22(16-19)37-4-2)28(35)29(36)33(26)30-32-23-14-11-20(31)17-24(23)39-30/h6-14,16-17,26,34H,3-5,15H2,1-2H3/b27-25+. The summed E-state index contributed by atoms with van der Waals surface area (Å²) in [6, 6.07) is 17.0. The number of ketones is 1. The molecule has 0 aliphatic carbocycles. The smallest absolute Gasteiger partial charge is 0.301 e. The number of hydrogen-bond acceptors (Lipinski definition) is 7. The van der Waals surface area contributed by atoms with Crippen molar-refractivity contribution in [2.45, 2.75) is 32.7 Å². The molecule has 0 spiro atoms. The van der Waals surface area contributed by atoms with Crippen LogP contribution in [-0.4, -0.2) is 35.0 Å². The van der Waals surface area contributed by atoms with Gasteiger partial charge < -0.3 is 14.6 Å². The molecule has 1 N–H and O–H groups in total. The first kappa shape index (κ1) is 26.4. The van der Waals surface area contributed by atoms with Crippen molar-refractivity contribution in [1.29, 1.82) is 0 Å². The van der Waals surface area contributed by atoms with Crippen LogP contribution < -0.4 is 14.4 Å². The summed E-state index contributed by atoms with van der Waals surface area (Å²) in [5, 5.41) is 11.6. The first-order valence-electron chi connectivity index (χ1n) is 12.7. The van der Waals surface area contributed by atoms with Gasteiger partial charge in [-0.1, -0.05) is 48.9 Å². The fraction of sp³-hybridized carbons (Fsp3) is 0.233. The molecule has 1 atom stereocenters. The molecule has 1 aromatic heterocycles. The number of rotatable bonds is 9. The van der Waals surface area contributed by atoms with Crippen LogP contribution in [0.4, 0.5) is 9.52 Å². The summed E-state index contributed by atoms with van der Waals surface area (Å²) < 4.78 is 25.8. The van der Waals surface area contributed by atoms with Crippen LogP contribution in [0, 0.1) is 5.82 Å². The third kappa shape index (κ3) is 5.22. The van der Waals surface area contributed by atoms with Crippen molar-refractivity contribution in [2.24, 2.45) is 0 Å². The Bertz CT molecular complexity index is 1560. The van der Waals surface area contributed by atoms with Crippen LogP contribution in [0.25, 0.3) is 16.0 Å². The summed E-state index contributed by atoms with van der Waals surface area (Å²) in [5.74, 6) is -1.24. The number of unbranched alkanes of at least 4 members (excludes halogenated alkanes) is 1. The molecule has 5 rings (SSSR count). The van der Waals surface area contributed by atoms with E-state index in [0.29, 0.717) is 46.1 Å². The molecule has 39 heavy (non-hydrogen) atoms. The SMILES string of the molecule is CCCCOc1ccc(C2/C(=C(\O)c3cccc(OCC)c3)C(=O)C(=O)N2c2nc3ccc(F)cc3s2)cc1. The van der Waals surface area contributed by atoms with Crippen molar-refractivity contribution in [2.75, 3.05) is 18.1 Å². The van der Waals surface area contributed by atoms with Crippen LogP contribution >= 0.6 is 11.3 Å². The fourth-order valence-corrected chi connectivity index (χ4v) is 5.49. The minimum atomic E-state index is -0.962. The lowest BCUT2D eigenvalue weighted by Gasteiger charge is -2.23. The van der Waals surface area contributed by atoms with Crippen LogP contribution in [0.15, 0.2) is 72.3 Å². The van der Waals surface area contributed by atoms with E-state index in [9.17, 15) is 19.1 Å². The van der Waals surface area contributed by atoms with Crippen molar-refractivity contribution in [3.63, 3.8) is 0 Å². The van der Waals surface area contributed by atoms with Gasteiger partial charge in [-0.05, 0) is 61.4 Å². The maximum absolute atomic E-state index is 13.9.